The number of aliphatic hydroxyl groups excluding tert-OH is 2. The molecule has 3 aliphatic carbocycles. The van der Waals surface area contributed by atoms with E-state index in [0.717, 1.165) is 0 Å². The topological polar surface area (TPSA) is 154 Å². The molecule has 9 heteroatoms. The maximum absolute atomic E-state index is 13.1. The van der Waals surface area contributed by atoms with E-state index in [1.807, 2.05) is 0 Å². The Morgan fingerprint density at radius 1 is 1.17 bits per heavy atom. The highest BCUT2D eigenvalue weighted by molar-refractivity contribution is 6.04. The van der Waals surface area contributed by atoms with Gasteiger partial charge in [0.25, 0.3) is 0 Å². The monoisotopic (exact) mass is 412 g/mol. The molecular weight excluding hydrogens is 384 g/mol. The number of hydrogen-bond acceptors (Lipinski definition) is 9. The fourth-order valence-corrected chi connectivity index (χ4v) is 6.19. The summed E-state index contributed by atoms with van der Waals surface area (Å²) < 4.78 is 0. The van der Waals surface area contributed by atoms with Crippen LogP contribution < -0.4 is 0 Å². The van der Waals surface area contributed by atoms with Crippen LogP contribution in [0.1, 0.15) is 34.1 Å². The number of ketones is 2. The van der Waals surface area contributed by atoms with E-state index in [-0.39, 0.29) is 5.57 Å². The third-order valence-corrected chi connectivity index (χ3v) is 7.76. The van der Waals surface area contributed by atoms with Gasteiger partial charge in [0.2, 0.25) is 5.79 Å². The van der Waals surface area contributed by atoms with Gasteiger partial charge in [0.05, 0.1) is 24.0 Å². The van der Waals surface area contributed by atoms with Crippen LogP contribution in [0.3, 0.4) is 0 Å². The molecule has 2 saturated carbocycles. The highest BCUT2D eigenvalue weighted by Gasteiger charge is 2.78. The second-order valence-electron chi connectivity index (χ2n) is 9.66. The van der Waals surface area contributed by atoms with Gasteiger partial charge in [-0.05, 0) is 32.8 Å². The number of rotatable bonds is 1. The molecule has 29 heavy (non-hydrogen) atoms. The zero-order valence-corrected chi connectivity index (χ0v) is 16.8. The van der Waals surface area contributed by atoms with Crippen molar-refractivity contribution in [3.8, 4) is 0 Å². The molecule has 0 spiro atoms. The van der Waals surface area contributed by atoms with E-state index >= 15 is 0 Å². The summed E-state index contributed by atoms with van der Waals surface area (Å²) in [4.78, 5) is 36.6. The van der Waals surface area contributed by atoms with E-state index in [1.165, 1.54) is 33.8 Å². The molecule has 162 valence electrons. The molecule has 0 aromatic carbocycles. The highest BCUT2D eigenvalue weighted by Crippen LogP contribution is 2.63. The van der Waals surface area contributed by atoms with Crippen LogP contribution in [0, 0.1) is 29.6 Å². The average molecular weight is 412 g/mol. The van der Waals surface area contributed by atoms with Crippen LogP contribution in [0.5, 0.6) is 0 Å². The van der Waals surface area contributed by atoms with Crippen LogP contribution in [0.25, 0.3) is 0 Å². The second-order valence-corrected chi connectivity index (χ2v) is 9.66. The normalized spacial score (nSPS) is 53.8. The first kappa shape index (κ1) is 21.0. The van der Waals surface area contributed by atoms with E-state index in [0.29, 0.717) is 0 Å². The van der Waals surface area contributed by atoms with Crippen molar-refractivity contribution in [3.05, 3.63) is 11.6 Å². The fourth-order valence-electron chi connectivity index (χ4n) is 6.19. The lowest BCUT2D eigenvalue weighted by Crippen LogP contribution is -2.76. The Morgan fingerprint density at radius 2 is 1.79 bits per heavy atom. The van der Waals surface area contributed by atoms with Crippen LogP contribution in [-0.2, 0) is 19.4 Å². The molecule has 9 unspecified atom stereocenters. The number of hydrogen-bond donors (Lipinski definition) is 5. The summed E-state index contributed by atoms with van der Waals surface area (Å²) in [6.45, 7) is 5.32. The Kier molecular flexibility index (Phi) is 4.31. The predicted octanol–water partition coefficient (Wildman–Crippen LogP) is -1.15. The van der Waals surface area contributed by atoms with Crippen molar-refractivity contribution in [1.82, 2.24) is 0 Å². The van der Waals surface area contributed by atoms with E-state index in [4.69, 9.17) is 9.78 Å². The average Bonchev–Trinajstić information content (AvgIpc) is 2.85. The lowest BCUT2D eigenvalue weighted by molar-refractivity contribution is -0.529. The molecule has 0 aromatic rings. The van der Waals surface area contributed by atoms with Crippen molar-refractivity contribution in [2.24, 2.45) is 29.6 Å². The Morgan fingerprint density at radius 3 is 2.38 bits per heavy atom. The summed E-state index contributed by atoms with van der Waals surface area (Å²) in [6.07, 6.45) is -0.587. The minimum atomic E-state index is -2.37. The van der Waals surface area contributed by atoms with Gasteiger partial charge in [0.1, 0.15) is 17.3 Å². The standard InChI is InChI=1S/C20H28O9/c1-8-5-11-18(25,16(8)24)6-10(7-21)20(27)15-12(17(3,4)28-29-20)14(23)13(22)9(2)19(11,15)26/h5,9-13,15,21-22,25-27H,6-7H2,1-4H3. The SMILES string of the molecule is CC1=CC2C(O)(CC(CO)C3(O)OOC(C)(C)C4C(=O)C(O)C(C)C2(O)C43)C1=O. The molecule has 0 aromatic heterocycles. The third-order valence-electron chi connectivity index (χ3n) is 7.76. The third kappa shape index (κ3) is 2.29. The molecule has 1 heterocycles. The quantitative estimate of drug-likeness (QED) is 0.336. The molecule has 1 saturated heterocycles. The second kappa shape index (κ2) is 5.94. The number of aliphatic hydroxyl groups is 5. The van der Waals surface area contributed by atoms with Crippen molar-refractivity contribution in [1.29, 1.82) is 0 Å². The minimum absolute atomic E-state index is 0.232. The predicted molar refractivity (Wildman–Crippen MR) is 95.7 cm³/mol. The van der Waals surface area contributed by atoms with Crippen molar-refractivity contribution < 1.29 is 44.9 Å². The summed E-state index contributed by atoms with van der Waals surface area (Å²) in [5.41, 5.74) is -5.33. The van der Waals surface area contributed by atoms with E-state index < -0.39 is 82.9 Å². The first-order valence-electron chi connectivity index (χ1n) is 9.86. The van der Waals surface area contributed by atoms with Gasteiger partial charge < -0.3 is 25.5 Å². The summed E-state index contributed by atoms with van der Waals surface area (Å²) in [5, 5.41) is 55.7. The van der Waals surface area contributed by atoms with Gasteiger partial charge in [0, 0.05) is 17.8 Å². The van der Waals surface area contributed by atoms with Gasteiger partial charge >= 0.3 is 0 Å². The largest absolute Gasteiger partial charge is 0.396 e. The van der Waals surface area contributed by atoms with E-state index in [1.54, 1.807) is 0 Å². The molecule has 3 fully saturated rings. The van der Waals surface area contributed by atoms with E-state index in [2.05, 4.69) is 0 Å². The van der Waals surface area contributed by atoms with Crippen molar-refractivity contribution >= 4 is 11.6 Å². The zero-order valence-electron chi connectivity index (χ0n) is 16.8. The van der Waals surface area contributed by atoms with Gasteiger partial charge in [-0.2, -0.15) is 4.89 Å². The summed E-state index contributed by atoms with van der Waals surface area (Å²) >= 11 is 0. The molecular formula is C20H28O9. The molecule has 0 bridgehead atoms. The van der Waals surface area contributed by atoms with Crippen molar-refractivity contribution in [3.63, 3.8) is 0 Å². The van der Waals surface area contributed by atoms with Crippen LogP contribution in [0.2, 0.25) is 0 Å². The summed E-state index contributed by atoms with van der Waals surface area (Å²) in [7, 11) is 0. The maximum Gasteiger partial charge on any atom is 0.210 e. The Balaban J connectivity index is 2.05. The fraction of sp³-hybridized carbons (Fsp3) is 0.800. The maximum atomic E-state index is 13.1. The molecule has 5 N–H and O–H groups in total. The van der Waals surface area contributed by atoms with Gasteiger partial charge in [-0.1, -0.05) is 13.0 Å². The molecule has 4 rings (SSSR count). The molecule has 9 nitrogen and oxygen atoms in total. The molecule has 4 aliphatic rings. The Labute approximate surface area is 167 Å². The van der Waals surface area contributed by atoms with Crippen LogP contribution in [0.15, 0.2) is 11.6 Å². The number of carbonyl (C=O) groups is 2. The first-order chi connectivity index (χ1) is 13.3. The van der Waals surface area contributed by atoms with Gasteiger partial charge in [-0.3, -0.25) is 9.59 Å². The highest BCUT2D eigenvalue weighted by atomic mass is 17.2. The first-order valence-corrected chi connectivity index (χ1v) is 9.86. The zero-order chi connectivity index (χ0) is 21.7. The van der Waals surface area contributed by atoms with E-state index in [9.17, 15) is 35.1 Å². The molecule has 1 aliphatic heterocycles. The lowest BCUT2D eigenvalue weighted by Gasteiger charge is -2.61. The Hall–Kier alpha value is -1.20. The van der Waals surface area contributed by atoms with Gasteiger partial charge in [-0.15, -0.1) is 0 Å². The van der Waals surface area contributed by atoms with Crippen LogP contribution in [-0.4, -0.2) is 72.4 Å². The van der Waals surface area contributed by atoms with Crippen molar-refractivity contribution in [2.75, 3.05) is 6.61 Å². The van der Waals surface area contributed by atoms with Crippen LogP contribution >= 0.6 is 0 Å². The molecule has 0 radical (unpaired) electrons. The smallest absolute Gasteiger partial charge is 0.210 e. The summed E-state index contributed by atoms with van der Waals surface area (Å²) in [5.74, 6) is -9.79. The van der Waals surface area contributed by atoms with Crippen molar-refractivity contribution in [2.45, 2.75) is 62.8 Å². The molecule has 0 amide bonds. The van der Waals surface area contributed by atoms with Gasteiger partial charge in [-0.25, -0.2) is 4.89 Å². The Bertz CT molecular complexity index is 806. The number of Topliss-reactive ketones (excluding diaryl/α,β-unsaturated/α-hetero) is 2. The molecule has 9 atom stereocenters. The minimum Gasteiger partial charge on any atom is -0.396 e. The summed E-state index contributed by atoms with van der Waals surface area (Å²) in [6, 6.07) is 0. The van der Waals surface area contributed by atoms with Crippen LogP contribution in [0.4, 0.5) is 0 Å². The lowest BCUT2D eigenvalue weighted by atomic mass is 9.51. The number of carbonyl (C=O) groups excluding carboxylic acids is 2. The van der Waals surface area contributed by atoms with Gasteiger partial charge in [0.15, 0.2) is 11.6 Å². The number of fused-ring (bicyclic) bond motifs is 2.